The van der Waals surface area contributed by atoms with Crippen LogP contribution in [-0.4, -0.2) is 40.8 Å². The van der Waals surface area contributed by atoms with Gasteiger partial charge in [-0.3, -0.25) is 9.59 Å². The molecule has 2 rings (SSSR count). The number of hydrogen-bond acceptors (Lipinski definition) is 3. The third kappa shape index (κ3) is 4.09. The summed E-state index contributed by atoms with van der Waals surface area (Å²) in [5.41, 5.74) is 0.372. The summed E-state index contributed by atoms with van der Waals surface area (Å²) in [4.78, 5) is 22.7. The highest BCUT2D eigenvalue weighted by Crippen LogP contribution is 2.14. The molecule has 2 N–H and O–H groups in total. The SMILES string of the molecule is O=C(O)Cn1cccc1C(=O)NCCC1CCCCO1. The Bertz CT molecular complexity index is 463. The van der Waals surface area contributed by atoms with E-state index in [1.165, 1.54) is 11.0 Å². The van der Waals surface area contributed by atoms with Crippen LogP contribution in [0.5, 0.6) is 0 Å². The summed E-state index contributed by atoms with van der Waals surface area (Å²) in [7, 11) is 0. The lowest BCUT2D eigenvalue weighted by atomic mass is 10.1. The van der Waals surface area contributed by atoms with Crippen molar-refractivity contribution < 1.29 is 19.4 Å². The van der Waals surface area contributed by atoms with E-state index in [1.54, 1.807) is 18.3 Å². The summed E-state index contributed by atoms with van der Waals surface area (Å²) >= 11 is 0. The third-order valence-corrected chi connectivity index (χ3v) is 3.39. The van der Waals surface area contributed by atoms with Crippen LogP contribution >= 0.6 is 0 Å². The first-order valence-electron chi connectivity index (χ1n) is 6.93. The Hall–Kier alpha value is -1.82. The van der Waals surface area contributed by atoms with Crippen molar-refractivity contribution in [2.75, 3.05) is 13.2 Å². The van der Waals surface area contributed by atoms with Gasteiger partial charge in [0.15, 0.2) is 0 Å². The number of aliphatic carboxylic acids is 1. The molecule has 1 aliphatic heterocycles. The molecule has 6 heteroatoms. The van der Waals surface area contributed by atoms with E-state index < -0.39 is 5.97 Å². The van der Waals surface area contributed by atoms with Gasteiger partial charge in [0.2, 0.25) is 0 Å². The normalized spacial score (nSPS) is 18.7. The second-order valence-corrected chi connectivity index (χ2v) is 4.95. The summed E-state index contributed by atoms with van der Waals surface area (Å²) in [6, 6.07) is 3.29. The molecule has 1 fully saturated rings. The molecule has 20 heavy (non-hydrogen) atoms. The monoisotopic (exact) mass is 280 g/mol. The Kier molecular flexibility index (Phi) is 5.17. The summed E-state index contributed by atoms with van der Waals surface area (Å²) in [6.07, 6.45) is 5.96. The van der Waals surface area contributed by atoms with Gasteiger partial charge < -0.3 is 19.7 Å². The minimum absolute atomic E-state index is 0.207. The molecule has 1 aromatic heterocycles. The van der Waals surface area contributed by atoms with Gasteiger partial charge in [0.1, 0.15) is 12.2 Å². The molecule has 110 valence electrons. The van der Waals surface area contributed by atoms with Crippen molar-refractivity contribution in [2.45, 2.75) is 38.3 Å². The summed E-state index contributed by atoms with van der Waals surface area (Å²) < 4.78 is 7.02. The number of rotatable bonds is 6. The van der Waals surface area contributed by atoms with Gasteiger partial charge in [0.25, 0.3) is 5.91 Å². The predicted molar refractivity (Wildman–Crippen MR) is 72.6 cm³/mol. The maximum absolute atomic E-state index is 12.0. The zero-order valence-electron chi connectivity index (χ0n) is 11.4. The van der Waals surface area contributed by atoms with E-state index in [-0.39, 0.29) is 18.6 Å². The molecule has 1 unspecified atom stereocenters. The first-order valence-corrected chi connectivity index (χ1v) is 6.93. The highest BCUT2D eigenvalue weighted by molar-refractivity contribution is 5.93. The van der Waals surface area contributed by atoms with Crippen molar-refractivity contribution in [3.05, 3.63) is 24.0 Å². The van der Waals surface area contributed by atoms with Gasteiger partial charge in [-0.25, -0.2) is 0 Å². The molecule has 1 aromatic rings. The average Bonchev–Trinajstić information content (AvgIpc) is 2.87. The Labute approximate surface area is 117 Å². The zero-order chi connectivity index (χ0) is 14.4. The minimum atomic E-state index is -0.967. The van der Waals surface area contributed by atoms with Gasteiger partial charge in [-0.15, -0.1) is 0 Å². The molecule has 0 saturated carbocycles. The topological polar surface area (TPSA) is 80.6 Å². The van der Waals surface area contributed by atoms with Gasteiger partial charge in [-0.05, 0) is 37.8 Å². The fraction of sp³-hybridized carbons (Fsp3) is 0.571. The van der Waals surface area contributed by atoms with Crippen LogP contribution in [0, 0.1) is 0 Å². The fourth-order valence-corrected chi connectivity index (χ4v) is 2.38. The quantitative estimate of drug-likeness (QED) is 0.822. The third-order valence-electron chi connectivity index (χ3n) is 3.39. The summed E-state index contributed by atoms with van der Waals surface area (Å²) in [5, 5.41) is 11.6. The lowest BCUT2D eigenvalue weighted by Gasteiger charge is -2.22. The number of nitrogens with one attached hydrogen (secondary N) is 1. The molecule has 0 spiro atoms. The molecular formula is C14H20N2O4. The number of carbonyl (C=O) groups excluding carboxylic acids is 1. The first-order chi connectivity index (χ1) is 9.66. The Morgan fingerprint density at radius 3 is 3.00 bits per heavy atom. The fourth-order valence-electron chi connectivity index (χ4n) is 2.38. The molecule has 1 amide bonds. The number of ether oxygens (including phenoxy) is 1. The van der Waals surface area contributed by atoms with Crippen LogP contribution < -0.4 is 5.32 Å². The number of hydrogen-bond donors (Lipinski definition) is 2. The lowest BCUT2D eigenvalue weighted by Crippen LogP contribution is -2.31. The number of carboxylic acids is 1. The maximum atomic E-state index is 12.0. The van der Waals surface area contributed by atoms with Crippen LogP contribution in [-0.2, 0) is 16.1 Å². The second-order valence-electron chi connectivity index (χ2n) is 4.95. The Morgan fingerprint density at radius 2 is 2.30 bits per heavy atom. The van der Waals surface area contributed by atoms with Crippen molar-refractivity contribution >= 4 is 11.9 Å². The zero-order valence-corrected chi connectivity index (χ0v) is 11.4. The molecule has 0 bridgehead atoms. The number of amides is 1. The minimum Gasteiger partial charge on any atom is -0.480 e. The van der Waals surface area contributed by atoms with Crippen LogP contribution in [0.15, 0.2) is 18.3 Å². The van der Waals surface area contributed by atoms with E-state index in [0.717, 1.165) is 25.9 Å². The Morgan fingerprint density at radius 1 is 1.45 bits per heavy atom. The van der Waals surface area contributed by atoms with Crippen LogP contribution in [0.3, 0.4) is 0 Å². The maximum Gasteiger partial charge on any atom is 0.323 e. The summed E-state index contributed by atoms with van der Waals surface area (Å²) in [6.45, 7) is 1.14. The van der Waals surface area contributed by atoms with Gasteiger partial charge in [0, 0.05) is 19.3 Å². The van der Waals surface area contributed by atoms with Crippen LogP contribution in [0.25, 0.3) is 0 Å². The largest absolute Gasteiger partial charge is 0.480 e. The van der Waals surface area contributed by atoms with Gasteiger partial charge >= 0.3 is 5.97 Å². The highest BCUT2D eigenvalue weighted by atomic mass is 16.5. The first kappa shape index (κ1) is 14.6. The van der Waals surface area contributed by atoms with Crippen LogP contribution in [0.2, 0.25) is 0 Å². The van der Waals surface area contributed by atoms with E-state index in [1.807, 2.05) is 0 Å². The van der Waals surface area contributed by atoms with E-state index in [9.17, 15) is 9.59 Å². The molecular weight excluding hydrogens is 260 g/mol. The summed E-state index contributed by atoms with van der Waals surface area (Å²) in [5.74, 6) is -1.21. The standard InChI is InChI=1S/C14H20N2O4/c17-13(18)10-16-8-3-5-12(16)14(19)15-7-6-11-4-1-2-9-20-11/h3,5,8,11H,1-2,4,6-7,9-10H2,(H,15,19)(H,17,18). The average molecular weight is 280 g/mol. The smallest absolute Gasteiger partial charge is 0.323 e. The number of carboxylic acid groups (broad SMARTS) is 1. The van der Waals surface area contributed by atoms with E-state index in [4.69, 9.17) is 9.84 Å². The molecule has 2 heterocycles. The van der Waals surface area contributed by atoms with Crippen molar-refractivity contribution in [1.29, 1.82) is 0 Å². The van der Waals surface area contributed by atoms with Crippen molar-refractivity contribution in [1.82, 2.24) is 9.88 Å². The van der Waals surface area contributed by atoms with E-state index in [2.05, 4.69) is 5.32 Å². The molecule has 0 aromatic carbocycles. The van der Waals surface area contributed by atoms with Gasteiger partial charge in [0.05, 0.1) is 6.10 Å². The molecule has 6 nitrogen and oxygen atoms in total. The highest BCUT2D eigenvalue weighted by Gasteiger charge is 2.15. The van der Waals surface area contributed by atoms with Gasteiger partial charge in [-0.2, -0.15) is 0 Å². The Balaban J connectivity index is 1.79. The van der Waals surface area contributed by atoms with Gasteiger partial charge in [-0.1, -0.05) is 0 Å². The van der Waals surface area contributed by atoms with Crippen LogP contribution in [0.1, 0.15) is 36.2 Å². The van der Waals surface area contributed by atoms with E-state index in [0.29, 0.717) is 12.2 Å². The molecule has 1 saturated heterocycles. The molecule has 1 atom stereocenters. The van der Waals surface area contributed by atoms with Crippen molar-refractivity contribution in [3.63, 3.8) is 0 Å². The lowest BCUT2D eigenvalue weighted by molar-refractivity contribution is -0.137. The van der Waals surface area contributed by atoms with Crippen molar-refractivity contribution in [3.8, 4) is 0 Å². The van der Waals surface area contributed by atoms with Crippen LogP contribution in [0.4, 0.5) is 0 Å². The predicted octanol–water partition coefficient (Wildman–Crippen LogP) is 1.26. The van der Waals surface area contributed by atoms with E-state index >= 15 is 0 Å². The molecule has 0 radical (unpaired) electrons. The number of aromatic nitrogens is 1. The second kappa shape index (κ2) is 7.09. The number of carbonyl (C=O) groups is 2. The van der Waals surface area contributed by atoms with Crippen molar-refractivity contribution in [2.24, 2.45) is 0 Å². The molecule has 0 aliphatic carbocycles. The molecule has 1 aliphatic rings. The number of nitrogens with zero attached hydrogens (tertiary/aromatic N) is 1.